The second kappa shape index (κ2) is 15.9. The molecule has 1 amide bonds. The summed E-state index contributed by atoms with van der Waals surface area (Å²) in [6, 6.07) is 9.17. The molecule has 0 radical (unpaired) electrons. The molecule has 0 bridgehead atoms. The fraction of sp³-hybridized carbons (Fsp3) is 0.714. The van der Waals surface area contributed by atoms with Gasteiger partial charge in [-0.2, -0.15) is 0 Å². The van der Waals surface area contributed by atoms with Crippen molar-refractivity contribution < 1.29 is 14.3 Å². The maximum atomic E-state index is 13.4. The van der Waals surface area contributed by atoms with Gasteiger partial charge in [-0.15, -0.1) is 0 Å². The van der Waals surface area contributed by atoms with Crippen LogP contribution < -0.4 is 5.32 Å². The number of hydrogen-bond donors (Lipinski definition) is 1. The highest BCUT2D eigenvalue weighted by molar-refractivity contribution is 5.84. The van der Waals surface area contributed by atoms with E-state index in [4.69, 9.17) is 4.74 Å². The fourth-order valence-corrected chi connectivity index (χ4v) is 4.51. The molecular weight excluding hydrogens is 412 g/mol. The number of nitrogens with one attached hydrogen (secondary N) is 1. The zero-order valence-corrected chi connectivity index (χ0v) is 21.4. The minimum absolute atomic E-state index is 0. The number of likely N-dealkylation sites (tertiary alicyclic amines) is 1. The molecule has 5 heteroatoms. The van der Waals surface area contributed by atoms with Crippen molar-refractivity contribution in [2.24, 2.45) is 5.92 Å². The first kappa shape index (κ1) is 31.1. The van der Waals surface area contributed by atoms with Gasteiger partial charge in [0.05, 0.1) is 12.6 Å². The van der Waals surface area contributed by atoms with E-state index >= 15 is 0 Å². The van der Waals surface area contributed by atoms with Crippen molar-refractivity contribution in [3.05, 3.63) is 35.9 Å². The van der Waals surface area contributed by atoms with Crippen molar-refractivity contribution in [1.29, 1.82) is 0 Å². The number of esters is 1. The van der Waals surface area contributed by atoms with Gasteiger partial charge < -0.3 is 9.64 Å². The van der Waals surface area contributed by atoms with Crippen LogP contribution in [0.5, 0.6) is 0 Å². The lowest BCUT2D eigenvalue weighted by Crippen LogP contribution is -2.56. The van der Waals surface area contributed by atoms with Crippen molar-refractivity contribution in [1.82, 2.24) is 10.2 Å². The zero-order valence-electron chi connectivity index (χ0n) is 21.4. The van der Waals surface area contributed by atoms with Crippen LogP contribution in [0, 0.1) is 5.92 Å². The molecule has 4 unspecified atom stereocenters. The summed E-state index contributed by atoms with van der Waals surface area (Å²) < 4.78 is 5.28. The van der Waals surface area contributed by atoms with Crippen LogP contribution in [0.2, 0.25) is 0 Å². The number of hydrogen-bond acceptors (Lipinski definition) is 4. The number of carbonyl (C=O) groups is 2. The van der Waals surface area contributed by atoms with E-state index in [1.807, 2.05) is 45.9 Å². The first-order valence-corrected chi connectivity index (χ1v) is 12.6. The molecule has 1 aromatic rings. The molecule has 1 aromatic carbocycles. The summed E-state index contributed by atoms with van der Waals surface area (Å²) in [5.74, 6) is 0.294. The molecule has 1 heterocycles. The van der Waals surface area contributed by atoms with Gasteiger partial charge in [0.1, 0.15) is 6.04 Å². The second-order valence-electron chi connectivity index (χ2n) is 8.86. The number of unbranched alkanes of at least 4 members (excludes halogenated alkanes) is 1. The molecule has 0 aromatic heterocycles. The lowest BCUT2D eigenvalue weighted by atomic mass is 9.83. The minimum atomic E-state index is -0.494. The molecule has 0 spiro atoms. The van der Waals surface area contributed by atoms with Crippen LogP contribution in [0.15, 0.2) is 30.3 Å². The Bertz CT molecular complexity index is 679. The van der Waals surface area contributed by atoms with E-state index in [9.17, 15) is 9.59 Å². The minimum Gasteiger partial charge on any atom is -0.465 e. The molecule has 1 N–H and O–H groups in total. The Balaban J connectivity index is 0.00000332. The van der Waals surface area contributed by atoms with Crippen molar-refractivity contribution in [2.45, 2.75) is 112 Å². The van der Waals surface area contributed by atoms with Gasteiger partial charge >= 0.3 is 5.97 Å². The Morgan fingerprint density at radius 1 is 1.21 bits per heavy atom. The van der Waals surface area contributed by atoms with Crippen LogP contribution in [0.1, 0.15) is 93.6 Å². The van der Waals surface area contributed by atoms with Gasteiger partial charge in [0, 0.05) is 12.1 Å². The standard InChI is InChI=1S/C25H40N2O3.C2H6.CH4/c1-6-8-17-25(5)19(3)16-18-27(25)23(28)20(4)26-22(24(29)30-7-2)15-14-21-12-10-9-11-13-21;1-2;/h9-13,19-20,22,26H,6-8,14-18H2,1-5H3;1-2H3;1H4. The number of benzene rings is 1. The van der Waals surface area contributed by atoms with Crippen LogP contribution in [-0.4, -0.2) is 47.6 Å². The van der Waals surface area contributed by atoms with E-state index in [0.29, 0.717) is 18.9 Å². The topological polar surface area (TPSA) is 58.6 Å². The maximum absolute atomic E-state index is 13.4. The highest BCUT2D eigenvalue weighted by Crippen LogP contribution is 2.38. The molecular formula is C28H50N2O3. The lowest BCUT2D eigenvalue weighted by Gasteiger charge is -2.40. The number of aryl methyl sites for hydroxylation is 1. The first-order chi connectivity index (χ1) is 15.3. The van der Waals surface area contributed by atoms with Crippen molar-refractivity contribution in [2.75, 3.05) is 13.2 Å². The largest absolute Gasteiger partial charge is 0.465 e. The van der Waals surface area contributed by atoms with Crippen LogP contribution >= 0.6 is 0 Å². The molecule has 190 valence electrons. The molecule has 1 aliphatic heterocycles. The summed E-state index contributed by atoms with van der Waals surface area (Å²) in [6.45, 7) is 15.5. The number of rotatable bonds is 11. The van der Waals surface area contributed by atoms with Crippen LogP contribution in [-0.2, 0) is 20.7 Å². The Morgan fingerprint density at radius 3 is 2.42 bits per heavy atom. The van der Waals surface area contributed by atoms with E-state index in [1.165, 1.54) is 5.56 Å². The van der Waals surface area contributed by atoms with Gasteiger partial charge in [0.25, 0.3) is 0 Å². The molecule has 4 atom stereocenters. The molecule has 0 saturated carbocycles. The summed E-state index contributed by atoms with van der Waals surface area (Å²) in [5, 5.41) is 3.29. The summed E-state index contributed by atoms with van der Waals surface area (Å²) in [6.07, 6.45) is 5.67. The van der Waals surface area contributed by atoms with Gasteiger partial charge in [-0.05, 0) is 57.9 Å². The third-order valence-corrected chi connectivity index (χ3v) is 6.72. The van der Waals surface area contributed by atoms with E-state index in [1.54, 1.807) is 0 Å². The Hall–Kier alpha value is -1.88. The SMILES string of the molecule is C.CC.CCCCC1(C)C(C)CCN1C(=O)C(C)NC(CCc1ccccc1)C(=O)OCC. The normalized spacial score (nSPS) is 21.3. The summed E-state index contributed by atoms with van der Waals surface area (Å²) >= 11 is 0. The maximum Gasteiger partial charge on any atom is 0.323 e. The molecule has 1 aliphatic rings. The predicted octanol–water partition coefficient (Wildman–Crippen LogP) is 6.01. The summed E-state index contributed by atoms with van der Waals surface area (Å²) in [7, 11) is 0. The van der Waals surface area contributed by atoms with Gasteiger partial charge in [0.15, 0.2) is 0 Å². The predicted molar refractivity (Wildman–Crippen MR) is 139 cm³/mol. The van der Waals surface area contributed by atoms with Crippen LogP contribution in [0.25, 0.3) is 0 Å². The van der Waals surface area contributed by atoms with Gasteiger partial charge in [-0.25, -0.2) is 0 Å². The van der Waals surface area contributed by atoms with E-state index in [0.717, 1.165) is 38.6 Å². The Kier molecular flexibility index (Phi) is 15.0. The lowest BCUT2D eigenvalue weighted by molar-refractivity contribution is -0.146. The Morgan fingerprint density at radius 2 is 1.85 bits per heavy atom. The summed E-state index contributed by atoms with van der Waals surface area (Å²) in [5.41, 5.74) is 1.07. The van der Waals surface area contributed by atoms with Crippen molar-refractivity contribution >= 4 is 11.9 Å². The average Bonchev–Trinajstić information content (AvgIpc) is 3.10. The molecule has 5 nitrogen and oxygen atoms in total. The van der Waals surface area contributed by atoms with Gasteiger partial charge in [-0.1, -0.05) is 78.3 Å². The van der Waals surface area contributed by atoms with E-state index in [-0.39, 0.29) is 24.8 Å². The van der Waals surface area contributed by atoms with Gasteiger partial charge in [0.2, 0.25) is 5.91 Å². The first-order valence-electron chi connectivity index (χ1n) is 12.6. The van der Waals surface area contributed by atoms with E-state index in [2.05, 4.69) is 43.1 Å². The highest BCUT2D eigenvalue weighted by Gasteiger charge is 2.45. The van der Waals surface area contributed by atoms with E-state index < -0.39 is 12.1 Å². The smallest absolute Gasteiger partial charge is 0.323 e. The van der Waals surface area contributed by atoms with Crippen LogP contribution in [0.3, 0.4) is 0 Å². The quantitative estimate of drug-likeness (QED) is 0.409. The number of ether oxygens (including phenoxy) is 1. The fourth-order valence-electron chi connectivity index (χ4n) is 4.51. The average molecular weight is 463 g/mol. The zero-order chi connectivity index (χ0) is 24.1. The number of amides is 1. The molecule has 0 aliphatic carbocycles. The summed E-state index contributed by atoms with van der Waals surface area (Å²) in [4.78, 5) is 28.0. The van der Waals surface area contributed by atoms with Crippen molar-refractivity contribution in [3.63, 3.8) is 0 Å². The van der Waals surface area contributed by atoms with Crippen molar-refractivity contribution in [3.8, 4) is 0 Å². The third-order valence-electron chi connectivity index (χ3n) is 6.72. The number of nitrogens with zero attached hydrogens (tertiary/aromatic N) is 1. The highest BCUT2D eigenvalue weighted by atomic mass is 16.5. The number of carbonyl (C=O) groups excluding carboxylic acids is 2. The second-order valence-corrected chi connectivity index (χ2v) is 8.86. The third kappa shape index (κ3) is 8.77. The molecule has 1 fully saturated rings. The van der Waals surface area contributed by atoms with Gasteiger partial charge in [-0.3, -0.25) is 14.9 Å². The molecule has 2 rings (SSSR count). The Labute approximate surface area is 203 Å². The molecule has 33 heavy (non-hydrogen) atoms. The molecule has 1 saturated heterocycles. The van der Waals surface area contributed by atoms with Crippen LogP contribution in [0.4, 0.5) is 0 Å². The monoisotopic (exact) mass is 462 g/mol.